The fraction of sp³-hybridized carbons (Fsp3) is 0.947. The zero-order valence-electron chi connectivity index (χ0n) is 61.3. The first kappa shape index (κ1) is 92.1. The molecule has 4 unspecified atom stereocenters. The van der Waals surface area contributed by atoms with Gasteiger partial charge in [-0.2, -0.15) is 0 Å². The first-order valence-electron chi connectivity index (χ1n) is 39.1. The van der Waals surface area contributed by atoms with Gasteiger partial charge in [-0.05, 0) is 37.5 Å². The first-order valence-corrected chi connectivity index (χ1v) is 42.1. The molecule has 19 heteroatoms. The Hall–Kier alpha value is -1.94. The monoisotopic (exact) mass is 1380 g/mol. The molecule has 0 spiro atoms. The number of phosphoric ester groups is 2. The second kappa shape index (κ2) is 66.9. The lowest BCUT2D eigenvalue weighted by atomic mass is 10.00. The van der Waals surface area contributed by atoms with Crippen LogP contribution in [0.2, 0.25) is 0 Å². The van der Waals surface area contributed by atoms with Gasteiger partial charge in [0.05, 0.1) is 26.4 Å². The highest BCUT2D eigenvalue weighted by Crippen LogP contribution is 2.45. The predicted molar refractivity (Wildman–Crippen MR) is 381 cm³/mol. The van der Waals surface area contributed by atoms with E-state index in [9.17, 15) is 43.2 Å². The molecule has 7 atom stereocenters. The topological polar surface area (TPSA) is 237 Å². The highest BCUT2D eigenvalue weighted by Gasteiger charge is 2.30. The van der Waals surface area contributed by atoms with E-state index < -0.39 is 97.5 Å². The Morgan fingerprint density at radius 1 is 0.298 bits per heavy atom. The quantitative estimate of drug-likeness (QED) is 0.0222. The van der Waals surface area contributed by atoms with Crippen molar-refractivity contribution in [3.05, 3.63) is 0 Å². The maximum Gasteiger partial charge on any atom is 0.472 e. The van der Waals surface area contributed by atoms with Crippen molar-refractivity contribution in [2.75, 3.05) is 39.6 Å². The Morgan fingerprint density at radius 3 is 0.755 bits per heavy atom. The van der Waals surface area contributed by atoms with Gasteiger partial charge in [0.25, 0.3) is 0 Å². The van der Waals surface area contributed by atoms with Crippen molar-refractivity contribution in [1.82, 2.24) is 0 Å². The summed E-state index contributed by atoms with van der Waals surface area (Å²) >= 11 is 0. The van der Waals surface area contributed by atoms with E-state index in [1.807, 2.05) is 0 Å². The third kappa shape index (κ3) is 66.0. The molecule has 0 saturated carbocycles. The molecule has 0 bridgehead atoms. The molecule has 0 aromatic carbocycles. The normalized spacial score (nSPS) is 14.6. The Morgan fingerprint density at radius 2 is 0.511 bits per heavy atom. The molecule has 0 aliphatic heterocycles. The molecule has 94 heavy (non-hydrogen) atoms. The maximum absolute atomic E-state index is 13.1. The van der Waals surface area contributed by atoms with Gasteiger partial charge in [-0.15, -0.1) is 0 Å². The Labute approximate surface area is 575 Å². The largest absolute Gasteiger partial charge is 0.472 e. The number of carbonyl (C=O) groups is 4. The van der Waals surface area contributed by atoms with Crippen molar-refractivity contribution in [2.24, 2.45) is 11.8 Å². The average molecular weight is 1380 g/mol. The Balaban J connectivity index is 5.22. The second-order valence-electron chi connectivity index (χ2n) is 27.5. The van der Waals surface area contributed by atoms with E-state index >= 15 is 0 Å². The first-order chi connectivity index (χ1) is 45.4. The van der Waals surface area contributed by atoms with Crippen LogP contribution in [0.4, 0.5) is 0 Å². The third-order valence-electron chi connectivity index (χ3n) is 18.2. The summed E-state index contributed by atoms with van der Waals surface area (Å²) in [7, 11) is -9.91. The number of aliphatic hydroxyl groups excluding tert-OH is 1. The highest BCUT2D eigenvalue weighted by atomic mass is 31.2. The summed E-state index contributed by atoms with van der Waals surface area (Å²) in [5.41, 5.74) is 0. The molecule has 0 aliphatic carbocycles. The van der Waals surface area contributed by atoms with Crippen molar-refractivity contribution < 1.29 is 80.2 Å². The van der Waals surface area contributed by atoms with Gasteiger partial charge in [0.1, 0.15) is 19.3 Å². The number of ether oxygens (including phenoxy) is 4. The SMILES string of the molecule is CCCCCCCCCCCCCCCCCCCCCC(=O)O[C@H](COC(=O)CCCCCCCCCCCCCCCCC)COP(=O)(O)OC[C@@H](O)COP(=O)(O)OC[C@@H](COC(=O)CCCCCCCCC(C)CC)OC(=O)CCCCCCCCC(C)CC. The van der Waals surface area contributed by atoms with Crippen LogP contribution in [0.25, 0.3) is 0 Å². The van der Waals surface area contributed by atoms with Gasteiger partial charge in [0.2, 0.25) is 0 Å². The number of hydrogen-bond acceptors (Lipinski definition) is 15. The molecule has 3 N–H and O–H groups in total. The summed E-state index contributed by atoms with van der Waals surface area (Å²) in [6.07, 6.45) is 54.3. The number of phosphoric acid groups is 2. The molecule has 0 aromatic heterocycles. The van der Waals surface area contributed by atoms with Crippen molar-refractivity contribution in [3.63, 3.8) is 0 Å². The average Bonchev–Trinajstić information content (AvgIpc) is 2.13. The lowest BCUT2D eigenvalue weighted by Gasteiger charge is -2.21. The molecule has 0 aromatic rings. The van der Waals surface area contributed by atoms with E-state index in [0.29, 0.717) is 25.7 Å². The van der Waals surface area contributed by atoms with Gasteiger partial charge in [-0.1, -0.05) is 337 Å². The van der Waals surface area contributed by atoms with Crippen LogP contribution in [0.5, 0.6) is 0 Å². The summed E-state index contributed by atoms with van der Waals surface area (Å²) in [6, 6.07) is 0. The number of aliphatic hydroxyl groups is 1. The Bertz CT molecular complexity index is 1820. The minimum atomic E-state index is -4.96. The van der Waals surface area contributed by atoms with Gasteiger partial charge in [-0.25, -0.2) is 9.13 Å². The van der Waals surface area contributed by atoms with Crippen LogP contribution in [-0.2, 0) is 65.4 Å². The lowest BCUT2D eigenvalue weighted by Crippen LogP contribution is -2.30. The molecule has 0 heterocycles. The van der Waals surface area contributed by atoms with Crippen molar-refractivity contribution in [3.8, 4) is 0 Å². The zero-order valence-corrected chi connectivity index (χ0v) is 63.1. The van der Waals surface area contributed by atoms with E-state index in [1.165, 1.54) is 199 Å². The van der Waals surface area contributed by atoms with Crippen molar-refractivity contribution in [2.45, 2.75) is 407 Å². The molecule has 0 radical (unpaired) electrons. The van der Waals surface area contributed by atoms with Crippen LogP contribution in [0, 0.1) is 11.8 Å². The van der Waals surface area contributed by atoms with Crippen LogP contribution in [0.1, 0.15) is 388 Å². The number of hydrogen-bond donors (Lipinski definition) is 3. The summed E-state index contributed by atoms with van der Waals surface area (Å²) in [5.74, 6) is -0.670. The van der Waals surface area contributed by atoms with Gasteiger partial charge >= 0.3 is 39.5 Å². The predicted octanol–water partition coefficient (Wildman–Crippen LogP) is 21.9. The van der Waals surface area contributed by atoms with Gasteiger partial charge in [0, 0.05) is 25.7 Å². The number of rotatable bonds is 74. The van der Waals surface area contributed by atoms with Crippen molar-refractivity contribution in [1.29, 1.82) is 0 Å². The molecule has 0 aliphatic rings. The standard InChI is InChI=1S/C75H146O17P2/c1-7-11-13-15-17-19-21-23-25-26-27-28-30-32-34-36-38-47-53-59-74(79)91-70(63-85-72(77)57-51-45-37-35-33-31-29-24-22-20-18-16-14-12-8-2)65-89-93(81,82)87-61-69(76)62-88-94(83,84)90-66-71(92-75(80)60-54-48-42-40-44-50-56-68(6)10-4)64-86-73(78)58-52-46-41-39-43-49-55-67(5)9-3/h67-71,76H,7-66H2,1-6H3,(H,81,82)(H,83,84)/t67?,68?,69-,70-,71-/m1/s1. The number of carbonyl (C=O) groups excluding carboxylic acids is 4. The van der Waals surface area contributed by atoms with Crippen LogP contribution >= 0.6 is 15.6 Å². The molecule has 0 amide bonds. The molecule has 0 rings (SSSR count). The van der Waals surface area contributed by atoms with Gasteiger partial charge < -0.3 is 33.8 Å². The molecular weight excluding hydrogens is 1230 g/mol. The number of esters is 4. The van der Waals surface area contributed by atoms with Crippen LogP contribution in [0.15, 0.2) is 0 Å². The van der Waals surface area contributed by atoms with E-state index in [-0.39, 0.29) is 25.7 Å². The van der Waals surface area contributed by atoms with E-state index in [1.54, 1.807) is 0 Å². The fourth-order valence-electron chi connectivity index (χ4n) is 11.4. The molecule has 17 nitrogen and oxygen atoms in total. The van der Waals surface area contributed by atoms with Gasteiger partial charge in [0.15, 0.2) is 12.2 Å². The molecule has 0 saturated heterocycles. The summed E-state index contributed by atoms with van der Waals surface area (Å²) in [4.78, 5) is 72.7. The van der Waals surface area contributed by atoms with E-state index in [4.69, 9.17) is 37.0 Å². The third-order valence-corrected chi connectivity index (χ3v) is 20.1. The summed E-state index contributed by atoms with van der Waals surface area (Å²) in [5, 5.41) is 10.6. The summed E-state index contributed by atoms with van der Waals surface area (Å²) < 4.78 is 68.4. The molecular formula is C75H146O17P2. The van der Waals surface area contributed by atoms with Crippen molar-refractivity contribution >= 4 is 39.5 Å². The minimum absolute atomic E-state index is 0.102. The summed E-state index contributed by atoms with van der Waals surface area (Å²) in [6.45, 7) is 9.50. The maximum atomic E-state index is 13.1. The smallest absolute Gasteiger partial charge is 0.462 e. The van der Waals surface area contributed by atoms with Crippen LogP contribution in [0.3, 0.4) is 0 Å². The van der Waals surface area contributed by atoms with E-state index in [0.717, 1.165) is 108 Å². The van der Waals surface area contributed by atoms with E-state index in [2.05, 4.69) is 41.5 Å². The lowest BCUT2D eigenvalue weighted by molar-refractivity contribution is -0.161. The van der Waals surface area contributed by atoms with Crippen LogP contribution < -0.4 is 0 Å². The zero-order chi connectivity index (χ0) is 69.3. The highest BCUT2D eigenvalue weighted by molar-refractivity contribution is 7.47. The number of unbranched alkanes of at least 4 members (excludes halogenated alkanes) is 42. The second-order valence-corrected chi connectivity index (χ2v) is 30.4. The molecule has 558 valence electrons. The Kier molecular flexibility index (Phi) is 65.5. The van der Waals surface area contributed by atoms with Crippen LogP contribution in [-0.4, -0.2) is 96.7 Å². The van der Waals surface area contributed by atoms with Gasteiger partial charge in [-0.3, -0.25) is 37.3 Å². The fourth-order valence-corrected chi connectivity index (χ4v) is 13.0. The minimum Gasteiger partial charge on any atom is -0.462 e. The molecule has 0 fully saturated rings.